The highest BCUT2D eigenvalue weighted by Gasteiger charge is 2.28. The van der Waals surface area contributed by atoms with Crippen LogP contribution in [0.4, 0.5) is 0 Å². The topological polar surface area (TPSA) is 66.9 Å². The number of hydrogen-bond donors (Lipinski definition) is 0. The van der Waals surface area contributed by atoms with Crippen molar-refractivity contribution in [3.05, 3.63) is 29.8 Å². The molecule has 6 heteroatoms. The van der Waals surface area contributed by atoms with Crippen molar-refractivity contribution in [2.24, 2.45) is 5.92 Å². The van der Waals surface area contributed by atoms with Gasteiger partial charge in [0.05, 0.1) is 6.61 Å². The monoisotopic (exact) mass is 360 g/mol. The van der Waals surface area contributed by atoms with Crippen LogP contribution < -0.4 is 4.74 Å². The fourth-order valence-electron chi connectivity index (χ4n) is 3.17. The Balaban J connectivity index is 1.78. The Labute approximate surface area is 155 Å². The van der Waals surface area contributed by atoms with E-state index in [1.807, 2.05) is 6.92 Å². The van der Waals surface area contributed by atoms with E-state index in [0.717, 1.165) is 5.75 Å². The summed E-state index contributed by atoms with van der Waals surface area (Å²) in [7, 11) is 3.51. The molecule has 0 radical (unpaired) electrons. The molecule has 1 aliphatic rings. The van der Waals surface area contributed by atoms with Crippen LogP contribution in [0.15, 0.2) is 24.3 Å². The second-order valence-corrected chi connectivity index (χ2v) is 6.77. The number of benzene rings is 1. The lowest BCUT2D eigenvalue weighted by molar-refractivity contribution is -0.139. The van der Waals surface area contributed by atoms with Crippen molar-refractivity contribution >= 4 is 17.6 Å². The third kappa shape index (κ3) is 5.31. The fourth-order valence-corrected chi connectivity index (χ4v) is 3.17. The van der Waals surface area contributed by atoms with Crippen molar-refractivity contribution < 1.29 is 19.1 Å². The van der Waals surface area contributed by atoms with Crippen LogP contribution in [0.25, 0.3) is 0 Å². The Morgan fingerprint density at radius 1 is 1.08 bits per heavy atom. The molecule has 1 saturated heterocycles. The normalized spacial score (nSPS) is 14.8. The summed E-state index contributed by atoms with van der Waals surface area (Å²) in [5, 5.41) is 0. The number of rotatable bonds is 7. The molecule has 0 unspecified atom stereocenters. The van der Waals surface area contributed by atoms with Gasteiger partial charge in [0.15, 0.2) is 5.78 Å². The van der Waals surface area contributed by atoms with Gasteiger partial charge < -0.3 is 14.5 Å². The molecule has 1 fully saturated rings. The van der Waals surface area contributed by atoms with Gasteiger partial charge >= 0.3 is 0 Å². The third-order valence-corrected chi connectivity index (χ3v) is 4.69. The van der Waals surface area contributed by atoms with Gasteiger partial charge in [-0.2, -0.15) is 0 Å². The number of carbonyl (C=O) groups excluding carboxylic acids is 3. The van der Waals surface area contributed by atoms with Crippen molar-refractivity contribution in [2.45, 2.75) is 32.6 Å². The number of likely N-dealkylation sites (tertiary alicyclic amines) is 1. The molecule has 26 heavy (non-hydrogen) atoms. The SMILES string of the molecule is CCOc1ccc(C(=O)CCC(=O)N2CCC(C(=O)N(C)C)CC2)cc1. The lowest BCUT2D eigenvalue weighted by Gasteiger charge is -2.32. The predicted octanol–water partition coefficient (Wildman–Crippen LogP) is 2.38. The molecule has 0 spiro atoms. The van der Waals surface area contributed by atoms with Crippen LogP contribution >= 0.6 is 0 Å². The number of piperidine rings is 1. The van der Waals surface area contributed by atoms with Gasteiger partial charge in [0.1, 0.15) is 5.75 Å². The van der Waals surface area contributed by atoms with Crippen LogP contribution in [0.1, 0.15) is 43.0 Å². The Bertz CT molecular complexity index is 632. The zero-order valence-corrected chi connectivity index (χ0v) is 15.9. The number of nitrogens with zero attached hydrogens (tertiary/aromatic N) is 2. The first-order chi connectivity index (χ1) is 12.4. The van der Waals surface area contributed by atoms with Crippen molar-refractivity contribution in [2.75, 3.05) is 33.8 Å². The summed E-state index contributed by atoms with van der Waals surface area (Å²) in [5.74, 6) is 0.802. The molecule has 0 aromatic heterocycles. The summed E-state index contributed by atoms with van der Waals surface area (Å²) < 4.78 is 5.36. The van der Waals surface area contributed by atoms with E-state index in [-0.39, 0.29) is 36.4 Å². The van der Waals surface area contributed by atoms with Gasteiger partial charge in [-0.3, -0.25) is 14.4 Å². The van der Waals surface area contributed by atoms with E-state index < -0.39 is 0 Å². The molecule has 2 amide bonds. The van der Waals surface area contributed by atoms with Gasteiger partial charge in [-0.25, -0.2) is 0 Å². The fraction of sp³-hybridized carbons (Fsp3) is 0.550. The summed E-state index contributed by atoms with van der Waals surface area (Å²) in [4.78, 5) is 40.0. The molecule has 0 aliphatic carbocycles. The largest absolute Gasteiger partial charge is 0.494 e. The lowest BCUT2D eigenvalue weighted by Crippen LogP contribution is -2.42. The summed E-state index contributed by atoms with van der Waals surface area (Å²) >= 11 is 0. The van der Waals surface area contributed by atoms with Crippen LogP contribution in [0.5, 0.6) is 5.75 Å². The van der Waals surface area contributed by atoms with Crippen molar-refractivity contribution in [1.82, 2.24) is 9.80 Å². The van der Waals surface area contributed by atoms with Gasteiger partial charge in [-0.15, -0.1) is 0 Å². The maximum atomic E-state index is 12.3. The Morgan fingerprint density at radius 2 is 1.69 bits per heavy atom. The van der Waals surface area contributed by atoms with E-state index in [4.69, 9.17) is 4.74 Å². The minimum atomic E-state index is -0.0425. The highest BCUT2D eigenvalue weighted by atomic mass is 16.5. The molecule has 0 atom stereocenters. The Morgan fingerprint density at radius 3 is 2.23 bits per heavy atom. The Hall–Kier alpha value is -2.37. The number of amides is 2. The third-order valence-electron chi connectivity index (χ3n) is 4.69. The van der Waals surface area contributed by atoms with Crippen molar-refractivity contribution in [3.8, 4) is 5.75 Å². The van der Waals surface area contributed by atoms with Crippen LogP contribution in [-0.4, -0.2) is 61.2 Å². The molecule has 1 aliphatic heterocycles. The number of ether oxygens (including phenoxy) is 1. The van der Waals surface area contributed by atoms with Gasteiger partial charge in [-0.1, -0.05) is 0 Å². The Kier molecular flexibility index (Phi) is 7.18. The molecule has 1 aromatic carbocycles. The first kappa shape index (κ1) is 19.9. The summed E-state index contributed by atoms with van der Waals surface area (Å²) in [6, 6.07) is 7.00. The van der Waals surface area contributed by atoms with Gasteiger partial charge in [0.25, 0.3) is 0 Å². The molecule has 0 bridgehead atoms. The molecular weight excluding hydrogens is 332 g/mol. The summed E-state index contributed by atoms with van der Waals surface area (Å²) in [6.45, 7) is 3.66. The maximum Gasteiger partial charge on any atom is 0.225 e. The summed E-state index contributed by atoms with van der Waals surface area (Å²) in [5.41, 5.74) is 0.594. The number of hydrogen-bond acceptors (Lipinski definition) is 4. The number of Topliss-reactive ketones (excluding diaryl/α,β-unsaturated/α-hetero) is 1. The molecule has 0 N–H and O–H groups in total. The smallest absolute Gasteiger partial charge is 0.225 e. The standard InChI is InChI=1S/C20H28N2O4/c1-4-26-17-7-5-15(6-8-17)18(23)9-10-19(24)22-13-11-16(12-14-22)20(25)21(2)3/h5-8,16H,4,9-14H2,1-3H3. The van der Waals surface area contributed by atoms with Gasteiger partial charge in [0.2, 0.25) is 11.8 Å². The van der Waals surface area contributed by atoms with Crippen LogP contribution in [0.3, 0.4) is 0 Å². The molecular formula is C20H28N2O4. The van der Waals surface area contributed by atoms with Gasteiger partial charge in [-0.05, 0) is 44.0 Å². The lowest BCUT2D eigenvalue weighted by atomic mass is 9.95. The zero-order chi connectivity index (χ0) is 19.1. The maximum absolute atomic E-state index is 12.3. The quantitative estimate of drug-likeness (QED) is 0.700. The van der Waals surface area contributed by atoms with Gasteiger partial charge in [0, 0.05) is 51.5 Å². The second-order valence-electron chi connectivity index (χ2n) is 6.77. The molecule has 1 aromatic rings. The molecule has 6 nitrogen and oxygen atoms in total. The highest BCUT2D eigenvalue weighted by Crippen LogP contribution is 2.20. The average Bonchev–Trinajstić information content (AvgIpc) is 2.66. The van der Waals surface area contributed by atoms with Crippen LogP contribution in [0.2, 0.25) is 0 Å². The van der Waals surface area contributed by atoms with E-state index >= 15 is 0 Å². The van der Waals surface area contributed by atoms with E-state index in [9.17, 15) is 14.4 Å². The first-order valence-corrected chi connectivity index (χ1v) is 9.17. The average molecular weight is 360 g/mol. The molecule has 1 heterocycles. The van der Waals surface area contributed by atoms with E-state index in [0.29, 0.717) is 38.1 Å². The zero-order valence-electron chi connectivity index (χ0n) is 15.9. The summed E-state index contributed by atoms with van der Waals surface area (Å²) in [6.07, 6.45) is 1.78. The first-order valence-electron chi connectivity index (χ1n) is 9.17. The van der Waals surface area contributed by atoms with Crippen LogP contribution in [0, 0.1) is 5.92 Å². The minimum absolute atomic E-state index is 0.000429. The van der Waals surface area contributed by atoms with Crippen molar-refractivity contribution in [3.63, 3.8) is 0 Å². The van der Waals surface area contributed by atoms with Crippen molar-refractivity contribution in [1.29, 1.82) is 0 Å². The van der Waals surface area contributed by atoms with Crippen LogP contribution in [-0.2, 0) is 9.59 Å². The molecule has 2 rings (SSSR count). The van der Waals surface area contributed by atoms with E-state index in [1.54, 1.807) is 48.2 Å². The predicted molar refractivity (Wildman–Crippen MR) is 99.2 cm³/mol. The second kappa shape index (κ2) is 9.36. The van der Waals surface area contributed by atoms with E-state index in [2.05, 4.69) is 0 Å². The molecule has 0 saturated carbocycles. The minimum Gasteiger partial charge on any atom is -0.494 e. The van der Waals surface area contributed by atoms with E-state index in [1.165, 1.54) is 0 Å². The highest BCUT2D eigenvalue weighted by molar-refractivity contribution is 5.98. The number of ketones is 1. The number of carbonyl (C=O) groups is 3. The molecule has 142 valence electrons.